The molecule has 0 spiro atoms. The van der Waals surface area contributed by atoms with Gasteiger partial charge >= 0.3 is 12.3 Å². The second-order valence-electron chi connectivity index (χ2n) is 6.95. The molecule has 0 aliphatic carbocycles. The molecule has 2 N–H and O–H groups in total. The summed E-state index contributed by atoms with van der Waals surface area (Å²) in [5.74, 6) is 0. The SMILES string of the molecule is O=C(OCc1ccccc1)N1C[C@H](O)[C@H](O)[C@@H](S(=O)(=O)c2cccc(C(F)(F)F)n2)C1. The second-order valence-corrected chi connectivity index (χ2v) is 9.06. The van der Waals surface area contributed by atoms with Crippen LogP contribution < -0.4 is 0 Å². The molecule has 1 aliphatic rings. The number of aliphatic hydroxyl groups excluding tert-OH is 2. The van der Waals surface area contributed by atoms with Crippen LogP contribution in [0.5, 0.6) is 0 Å². The highest BCUT2D eigenvalue weighted by atomic mass is 32.2. The zero-order chi connectivity index (χ0) is 22.8. The molecule has 1 fully saturated rings. The highest BCUT2D eigenvalue weighted by Crippen LogP contribution is 2.30. The zero-order valence-electron chi connectivity index (χ0n) is 15.9. The summed E-state index contributed by atoms with van der Waals surface area (Å²) in [4.78, 5) is 16.4. The van der Waals surface area contributed by atoms with Gasteiger partial charge in [0.15, 0.2) is 5.03 Å². The molecule has 1 aromatic heterocycles. The van der Waals surface area contributed by atoms with Gasteiger partial charge in [0.1, 0.15) is 23.7 Å². The number of sulfone groups is 1. The van der Waals surface area contributed by atoms with Crippen molar-refractivity contribution in [1.29, 1.82) is 0 Å². The van der Waals surface area contributed by atoms with Crippen molar-refractivity contribution in [3.05, 3.63) is 59.8 Å². The van der Waals surface area contributed by atoms with Crippen molar-refractivity contribution in [1.82, 2.24) is 9.88 Å². The van der Waals surface area contributed by atoms with Crippen molar-refractivity contribution in [3.8, 4) is 0 Å². The van der Waals surface area contributed by atoms with Crippen LogP contribution in [0.25, 0.3) is 0 Å². The Labute approximate surface area is 175 Å². The average Bonchev–Trinajstić information content (AvgIpc) is 2.74. The predicted molar refractivity (Wildman–Crippen MR) is 100 cm³/mol. The fourth-order valence-corrected chi connectivity index (χ4v) is 4.84. The first-order valence-corrected chi connectivity index (χ1v) is 10.6. The van der Waals surface area contributed by atoms with E-state index >= 15 is 0 Å². The number of likely N-dealkylation sites (tertiary alicyclic amines) is 1. The molecule has 0 radical (unpaired) electrons. The maximum absolute atomic E-state index is 12.9. The number of aromatic nitrogens is 1. The second kappa shape index (κ2) is 8.81. The quantitative estimate of drug-likeness (QED) is 0.712. The number of rotatable bonds is 4. The number of carbonyl (C=O) groups excluding carboxylic acids is 1. The number of aliphatic hydroxyl groups is 2. The summed E-state index contributed by atoms with van der Waals surface area (Å²) in [5.41, 5.74) is -0.746. The van der Waals surface area contributed by atoms with Gasteiger partial charge in [-0.2, -0.15) is 13.2 Å². The van der Waals surface area contributed by atoms with E-state index in [1.54, 1.807) is 30.3 Å². The van der Waals surface area contributed by atoms with Gasteiger partial charge in [-0.25, -0.2) is 18.2 Å². The lowest BCUT2D eigenvalue weighted by Crippen LogP contribution is -2.59. The van der Waals surface area contributed by atoms with Gasteiger partial charge in [-0.05, 0) is 17.7 Å². The minimum atomic E-state index is -4.87. The van der Waals surface area contributed by atoms with Crippen molar-refractivity contribution in [3.63, 3.8) is 0 Å². The van der Waals surface area contributed by atoms with E-state index in [1.807, 2.05) is 0 Å². The summed E-state index contributed by atoms with van der Waals surface area (Å²) in [6.45, 7) is -1.11. The predicted octanol–water partition coefficient (Wildman–Crippen LogP) is 1.62. The van der Waals surface area contributed by atoms with Gasteiger partial charge in [-0.15, -0.1) is 0 Å². The van der Waals surface area contributed by atoms with E-state index < -0.39 is 63.4 Å². The molecule has 1 amide bonds. The molecule has 1 aromatic carbocycles. The van der Waals surface area contributed by atoms with E-state index in [0.29, 0.717) is 11.6 Å². The number of pyridine rings is 1. The summed E-state index contributed by atoms with van der Waals surface area (Å²) >= 11 is 0. The number of piperidine rings is 1. The Bertz CT molecular complexity index is 1030. The van der Waals surface area contributed by atoms with Crippen LogP contribution >= 0.6 is 0 Å². The molecule has 3 atom stereocenters. The van der Waals surface area contributed by atoms with Gasteiger partial charge in [0.25, 0.3) is 0 Å². The third-order valence-electron chi connectivity index (χ3n) is 4.75. The Morgan fingerprint density at radius 3 is 2.42 bits per heavy atom. The van der Waals surface area contributed by atoms with Gasteiger partial charge < -0.3 is 19.8 Å². The lowest BCUT2D eigenvalue weighted by atomic mass is 10.1. The number of hydrogen-bond acceptors (Lipinski definition) is 7. The van der Waals surface area contributed by atoms with Crippen LogP contribution in [0.3, 0.4) is 0 Å². The van der Waals surface area contributed by atoms with E-state index in [1.165, 1.54) is 0 Å². The van der Waals surface area contributed by atoms with Crippen LogP contribution in [-0.4, -0.2) is 65.2 Å². The Hall–Kier alpha value is -2.70. The number of ether oxygens (including phenoxy) is 1. The van der Waals surface area contributed by atoms with Gasteiger partial charge in [0.2, 0.25) is 9.84 Å². The number of carbonyl (C=O) groups is 1. The van der Waals surface area contributed by atoms with E-state index in [4.69, 9.17) is 4.74 Å². The van der Waals surface area contributed by atoms with Gasteiger partial charge in [-0.1, -0.05) is 36.4 Å². The molecule has 0 bridgehead atoms. The number of benzene rings is 1. The van der Waals surface area contributed by atoms with Crippen LogP contribution in [0.4, 0.5) is 18.0 Å². The molecule has 3 rings (SSSR count). The highest BCUT2D eigenvalue weighted by molar-refractivity contribution is 7.92. The molecule has 1 aliphatic heterocycles. The van der Waals surface area contributed by atoms with Gasteiger partial charge in [0.05, 0.1) is 12.6 Å². The van der Waals surface area contributed by atoms with Crippen molar-refractivity contribution >= 4 is 15.9 Å². The normalized spacial score (nSPS) is 22.2. The monoisotopic (exact) mass is 460 g/mol. The molecule has 8 nitrogen and oxygen atoms in total. The van der Waals surface area contributed by atoms with Crippen LogP contribution in [0.1, 0.15) is 11.3 Å². The smallest absolute Gasteiger partial charge is 0.433 e. The minimum absolute atomic E-state index is 0.110. The van der Waals surface area contributed by atoms with Crippen LogP contribution in [-0.2, 0) is 27.4 Å². The summed E-state index contributed by atoms with van der Waals surface area (Å²) < 4.78 is 69.6. The van der Waals surface area contributed by atoms with Crippen LogP contribution in [0.15, 0.2) is 53.6 Å². The van der Waals surface area contributed by atoms with Crippen molar-refractivity contribution in [2.24, 2.45) is 0 Å². The lowest BCUT2D eigenvalue weighted by Gasteiger charge is -2.38. The first-order chi connectivity index (χ1) is 14.5. The molecular weight excluding hydrogens is 441 g/mol. The van der Waals surface area contributed by atoms with Crippen LogP contribution in [0, 0.1) is 0 Å². The molecule has 12 heteroatoms. The topological polar surface area (TPSA) is 117 Å². The summed E-state index contributed by atoms with van der Waals surface area (Å²) in [5, 5.41) is 17.6. The molecule has 0 saturated carbocycles. The minimum Gasteiger partial charge on any atom is -0.445 e. The summed E-state index contributed by atoms with van der Waals surface area (Å²) in [7, 11) is -4.63. The van der Waals surface area contributed by atoms with Crippen molar-refractivity contribution in [2.75, 3.05) is 13.1 Å². The Balaban J connectivity index is 1.80. The Morgan fingerprint density at radius 2 is 1.77 bits per heavy atom. The fourth-order valence-electron chi connectivity index (χ4n) is 3.11. The third kappa shape index (κ3) is 5.14. The first kappa shape index (κ1) is 23.0. The lowest BCUT2D eigenvalue weighted by molar-refractivity contribution is -0.141. The number of nitrogens with zero attached hydrogens (tertiary/aromatic N) is 2. The maximum Gasteiger partial charge on any atom is 0.433 e. The van der Waals surface area contributed by atoms with Crippen LogP contribution in [0.2, 0.25) is 0 Å². The zero-order valence-corrected chi connectivity index (χ0v) is 16.8. The fraction of sp³-hybridized carbons (Fsp3) is 0.368. The maximum atomic E-state index is 12.9. The Morgan fingerprint density at radius 1 is 1.10 bits per heavy atom. The van der Waals surface area contributed by atoms with Crippen molar-refractivity contribution < 1.29 is 41.3 Å². The molecule has 0 unspecified atom stereocenters. The number of β-amino-alcohol motifs (C(OH)–C–C–N with tert-alkyl or cyclic N) is 1. The molecular formula is C19H19F3N2O6S. The van der Waals surface area contributed by atoms with Gasteiger partial charge in [-0.3, -0.25) is 0 Å². The molecule has 1 saturated heterocycles. The summed E-state index contributed by atoms with van der Waals surface area (Å²) in [6, 6.07) is 11.0. The Kier molecular flexibility index (Phi) is 6.53. The van der Waals surface area contributed by atoms with E-state index in [9.17, 15) is 36.6 Å². The number of alkyl halides is 3. The standard InChI is InChI=1S/C19H19F3N2O6S/c20-19(21,22)15-7-4-8-16(23-15)31(28,29)14-10-24(9-13(25)17(14)26)18(27)30-11-12-5-2-1-3-6-12/h1-8,13-14,17,25-26H,9-11H2/t13-,14-,17-/m0/s1. The summed E-state index contributed by atoms with van der Waals surface area (Å²) in [6.07, 6.45) is -9.29. The largest absolute Gasteiger partial charge is 0.445 e. The third-order valence-corrected chi connectivity index (χ3v) is 6.79. The average molecular weight is 460 g/mol. The first-order valence-electron chi connectivity index (χ1n) is 9.10. The van der Waals surface area contributed by atoms with E-state index in [2.05, 4.69) is 4.98 Å². The molecule has 31 heavy (non-hydrogen) atoms. The molecule has 2 aromatic rings. The van der Waals surface area contributed by atoms with E-state index in [0.717, 1.165) is 17.0 Å². The van der Waals surface area contributed by atoms with Crippen molar-refractivity contribution in [2.45, 2.75) is 35.3 Å². The highest BCUT2D eigenvalue weighted by Gasteiger charge is 2.46. The number of halogens is 3. The van der Waals surface area contributed by atoms with Gasteiger partial charge in [0, 0.05) is 6.54 Å². The molecule has 2 heterocycles. The van der Waals surface area contributed by atoms with E-state index in [-0.39, 0.29) is 6.61 Å². The number of amides is 1. The number of hydrogen-bond donors (Lipinski definition) is 2. The molecule has 168 valence electrons.